The standard InChI is InChI=1S/C26H29N5O2/c32-24(28-12-1-3-20-8-14-27-15-9-20)23-19-26(23)10-17-30(18-11-26)25(33)21-4-6-22(7-5-21)31-16-2-13-29-31/h2,4-9,13-16,23H,1,3,10-12,17-19H2,(H,28,32). The van der Waals surface area contributed by atoms with E-state index in [1.165, 1.54) is 5.56 Å². The van der Waals surface area contributed by atoms with E-state index in [-0.39, 0.29) is 23.1 Å². The maximum Gasteiger partial charge on any atom is 0.253 e. The molecule has 0 radical (unpaired) electrons. The van der Waals surface area contributed by atoms with Crippen LogP contribution < -0.4 is 5.32 Å². The Labute approximate surface area is 193 Å². The van der Waals surface area contributed by atoms with Crippen LogP contribution in [-0.2, 0) is 11.2 Å². The minimum atomic E-state index is 0.0645. The van der Waals surface area contributed by atoms with Gasteiger partial charge in [0.2, 0.25) is 5.91 Å². The van der Waals surface area contributed by atoms with Gasteiger partial charge in [0, 0.05) is 55.9 Å². The zero-order chi connectivity index (χ0) is 22.7. The topological polar surface area (TPSA) is 80.1 Å². The maximum atomic E-state index is 13.0. The predicted octanol–water partition coefficient (Wildman–Crippen LogP) is 3.26. The molecule has 1 saturated carbocycles. The minimum Gasteiger partial charge on any atom is -0.356 e. The van der Waals surface area contributed by atoms with Crippen molar-refractivity contribution >= 4 is 11.8 Å². The van der Waals surface area contributed by atoms with Gasteiger partial charge in [-0.05, 0) is 85.5 Å². The molecule has 7 nitrogen and oxygen atoms in total. The fourth-order valence-corrected chi connectivity index (χ4v) is 4.96. The summed E-state index contributed by atoms with van der Waals surface area (Å²) in [6, 6.07) is 13.5. The summed E-state index contributed by atoms with van der Waals surface area (Å²) in [5.74, 6) is 0.345. The molecule has 1 unspecified atom stereocenters. The predicted molar refractivity (Wildman–Crippen MR) is 125 cm³/mol. The SMILES string of the molecule is O=C(NCCCc1ccncc1)C1CC12CCN(C(=O)c1ccc(-n3cccn3)cc1)CC2. The van der Waals surface area contributed by atoms with E-state index in [9.17, 15) is 9.59 Å². The number of carbonyl (C=O) groups excluding carboxylic acids is 2. The summed E-state index contributed by atoms with van der Waals surface area (Å²) in [6.07, 6.45) is 11.8. The maximum absolute atomic E-state index is 13.0. The highest BCUT2D eigenvalue weighted by atomic mass is 16.2. The Morgan fingerprint density at radius 2 is 1.79 bits per heavy atom. The number of likely N-dealkylation sites (tertiary alicyclic amines) is 1. The van der Waals surface area contributed by atoms with Gasteiger partial charge in [0.1, 0.15) is 0 Å². The lowest BCUT2D eigenvalue weighted by Gasteiger charge is -2.33. The van der Waals surface area contributed by atoms with E-state index in [1.807, 2.05) is 53.6 Å². The highest BCUT2D eigenvalue weighted by molar-refractivity contribution is 5.94. The molecule has 7 heteroatoms. The third-order valence-corrected chi connectivity index (χ3v) is 7.13. The Hall–Kier alpha value is -3.48. The first-order valence-corrected chi connectivity index (χ1v) is 11.7. The third kappa shape index (κ3) is 4.67. The zero-order valence-corrected chi connectivity index (χ0v) is 18.7. The Morgan fingerprint density at radius 3 is 2.48 bits per heavy atom. The summed E-state index contributed by atoms with van der Waals surface area (Å²) in [5.41, 5.74) is 2.97. The summed E-state index contributed by atoms with van der Waals surface area (Å²) in [7, 11) is 0. The lowest BCUT2D eigenvalue weighted by atomic mass is 9.90. The van der Waals surface area contributed by atoms with E-state index in [0.717, 1.165) is 37.8 Å². The number of hydrogen-bond donors (Lipinski definition) is 1. The van der Waals surface area contributed by atoms with Crippen LogP contribution in [0, 0.1) is 11.3 Å². The third-order valence-electron chi connectivity index (χ3n) is 7.13. The van der Waals surface area contributed by atoms with Gasteiger partial charge in [0.05, 0.1) is 5.69 Å². The van der Waals surface area contributed by atoms with Gasteiger partial charge in [-0.15, -0.1) is 0 Å². The van der Waals surface area contributed by atoms with Gasteiger partial charge >= 0.3 is 0 Å². The molecule has 1 spiro atoms. The molecule has 3 heterocycles. The van der Waals surface area contributed by atoms with Gasteiger partial charge < -0.3 is 10.2 Å². The molecular weight excluding hydrogens is 414 g/mol. The van der Waals surface area contributed by atoms with E-state index < -0.39 is 0 Å². The first-order chi connectivity index (χ1) is 16.1. The van der Waals surface area contributed by atoms with Crippen LogP contribution in [0.2, 0.25) is 0 Å². The molecule has 1 N–H and O–H groups in total. The molecule has 1 aliphatic heterocycles. The van der Waals surface area contributed by atoms with Crippen LogP contribution in [0.3, 0.4) is 0 Å². The van der Waals surface area contributed by atoms with Crippen molar-refractivity contribution < 1.29 is 9.59 Å². The number of aryl methyl sites for hydroxylation is 1. The van der Waals surface area contributed by atoms with E-state index in [4.69, 9.17) is 0 Å². The molecule has 2 aliphatic rings. The van der Waals surface area contributed by atoms with Crippen molar-refractivity contribution in [3.8, 4) is 5.69 Å². The van der Waals surface area contributed by atoms with Gasteiger partial charge in [-0.25, -0.2) is 4.68 Å². The number of nitrogens with one attached hydrogen (secondary N) is 1. The van der Waals surface area contributed by atoms with E-state index in [2.05, 4.69) is 15.4 Å². The monoisotopic (exact) mass is 443 g/mol. The fraction of sp³-hybridized carbons (Fsp3) is 0.385. The first kappa shape index (κ1) is 21.4. The van der Waals surface area contributed by atoms with Crippen LogP contribution in [0.1, 0.15) is 41.6 Å². The number of pyridine rings is 1. The molecule has 5 rings (SSSR count). The number of benzene rings is 1. The number of rotatable bonds is 7. The Kier molecular flexibility index (Phi) is 5.94. The van der Waals surface area contributed by atoms with Crippen LogP contribution in [0.5, 0.6) is 0 Å². The zero-order valence-electron chi connectivity index (χ0n) is 18.7. The number of hydrogen-bond acceptors (Lipinski definition) is 4. The van der Waals surface area contributed by atoms with Crippen molar-refractivity contribution in [2.75, 3.05) is 19.6 Å². The van der Waals surface area contributed by atoms with E-state index in [1.54, 1.807) is 23.3 Å². The van der Waals surface area contributed by atoms with Crippen molar-refractivity contribution in [2.45, 2.75) is 32.1 Å². The molecule has 2 amide bonds. The number of aromatic nitrogens is 3. The van der Waals surface area contributed by atoms with Crippen LogP contribution in [0.4, 0.5) is 0 Å². The van der Waals surface area contributed by atoms with Crippen molar-refractivity contribution in [1.82, 2.24) is 25.0 Å². The van der Waals surface area contributed by atoms with Crippen molar-refractivity contribution in [3.05, 3.63) is 78.4 Å². The molecule has 1 aliphatic carbocycles. The van der Waals surface area contributed by atoms with Crippen molar-refractivity contribution in [3.63, 3.8) is 0 Å². The summed E-state index contributed by atoms with van der Waals surface area (Å²) in [5, 5.41) is 7.34. The smallest absolute Gasteiger partial charge is 0.253 e. The largest absolute Gasteiger partial charge is 0.356 e. The summed E-state index contributed by atoms with van der Waals surface area (Å²) in [4.78, 5) is 31.6. The molecule has 1 aromatic carbocycles. The number of piperidine rings is 1. The first-order valence-electron chi connectivity index (χ1n) is 11.7. The van der Waals surface area contributed by atoms with Gasteiger partial charge in [-0.3, -0.25) is 14.6 Å². The number of nitrogens with zero attached hydrogens (tertiary/aromatic N) is 4. The Balaban J connectivity index is 1.07. The molecule has 1 atom stereocenters. The second kappa shape index (κ2) is 9.17. The summed E-state index contributed by atoms with van der Waals surface area (Å²) >= 11 is 0. The highest BCUT2D eigenvalue weighted by Gasteiger charge is 2.58. The quantitative estimate of drug-likeness (QED) is 0.569. The highest BCUT2D eigenvalue weighted by Crippen LogP contribution is 2.59. The molecular formula is C26H29N5O2. The van der Waals surface area contributed by atoms with E-state index in [0.29, 0.717) is 25.2 Å². The molecule has 2 aromatic heterocycles. The fourth-order valence-electron chi connectivity index (χ4n) is 4.96. The van der Waals surface area contributed by atoms with Crippen LogP contribution in [0.15, 0.2) is 67.3 Å². The molecule has 3 aromatic rings. The van der Waals surface area contributed by atoms with Gasteiger partial charge in [0.25, 0.3) is 5.91 Å². The number of amides is 2. The van der Waals surface area contributed by atoms with Crippen molar-refractivity contribution in [1.29, 1.82) is 0 Å². The van der Waals surface area contributed by atoms with Crippen molar-refractivity contribution in [2.24, 2.45) is 11.3 Å². The van der Waals surface area contributed by atoms with Gasteiger partial charge in [0.15, 0.2) is 0 Å². The second-order valence-corrected chi connectivity index (χ2v) is 9.16. The number of carbonyl (C=O) groups is 2. The van der Waals surface area contributed by atoms with Gasteiger partial charge in [-0.1, -0.05) is 0 Å². The second-order valence-electron chi connectivity index (χ2n) is 9.16. The molecule has 2 fully saturated rings. The van der Waals surface area contributed by atoms with E-state index >= 15 is 0 Å². The average molecular weight is 444 g/mol. The van der Waals surface area contributed by atoms with Gasteiger partial charge in [-0.2, -0.15) is 5.10 Å². The lowest BCUT2D eigenvalue weighted by Crippen LogP contribution is -2.40. The summed E-state index contributed by atoms with van der Waals surface area (Å²) in [6.45, 7) is 2.13. The molecule has 1 saturated heterocycles. The molecule has 33 heavy (non-hydrogen) atoms. The molecule has 0 bridgehead atoms. The summed E-state index contributed by atoms with van der Waals surface area (Å²) < 4.78 is 1.77. The lowest BCUT2D eigenvalue weighted by molar-refractivity contribution is -0.123. The minimum absolute atomic E-state index is 0.0645. The Bertz CT molecular complexity index is 1090. The van der Waals surface area contributed by atoms with Crippen LogP contribution in [-0.4, -0.2) is 51.1 Å². The molecule has 170 valence electrons. The Morgan fingerprint density at radius 1 is 1.03 bits per heavy atom. The van der Waals surface area contributed by atoms with Crippen LogP contribution in [0.25, 0.3) is 5.69 Å². The average Bonchev–Trinajstić information content (AvgIpc) is 3.28. The van der Waals surface area contributed by atoms with Crippen LogP contribution >= 0.6 is 0 Å². The normalized spacial score (nSPS) is 18.8.